The maximum absolute atomic E-state index is 12.7. The number of rotatable bonds is 5. The van der Waals surface area contributed by atoms with E-state index in [0.717, 1.165) is 0 Å². The maximum atomic E-state index is 12.7. The molecule has 0 saturated heterocycles. The zero-order valence-electron chi connectivity index (χ0n) is 11.1. The fourth-order valence-corrected chi connectivity index (χ4v) is 1.59. The van der Waals surface area contributed by atoms with E-state index in [-0.39, 0.29) is 19.0 Å². The Morgan fingerprint density at radius 1 is 1.05 bits per heavy atom. The summed E-state index contributed by atoms with van der Waals surface area (Å²) in [6.07, 6.45) is 0. The van der Waals surface area contributed by atoms with Crippen LogP contribution in [0.2, 0.25) is 0 Å². The van der Waals surface area contributed by atoms with Gasteiger partial charge in [-0.15, -0.1) is 0 Å². The van der Waals surface area contributed by atoms with E-state index in [1.165, 1.54) is 36.4 Å². The quantitative estimate of drug-likeness (QED) is 0.626. The minimum absolute atomic E-state index is 0.0796. The average Bonchev–Trinajstić information content (AvgIpc) is 2.53. The number of benzene rings is 2. The molecule has 2 aromatic rings. The molecule has 0 spiro atoms. The Bertz CT molecular complexity index is 645. The molecule has 0 amide bonds. The number of hydrogen-bond acceptors (Lipinski definition) is 4. The summed E-state index contributed by atoms with van der Waals surface area (Å²) in [6.45, 7) is 0.254. The van der Waals surface area contributed by atoms with Crippen molar-refractivity contribution in [3.05, 3.63) is 65.5 Å². The van der Waals surface area contributed by atoms with Crippen molar-refractivity contribution >= 4 is 5.97 Å². The Hall–Kier alpha value is -2.87. The highest BCUT2D eigenvalue weighted by molar-refractivity contribution is 5.89. The summed E-state index contributed by atoms with van der Waals surface area (Å²) >= 11 is 0. The Labute approximate surface area is 121 Å². The molecule has 0 heterocycles. The molecule has 0 aliphatic heterocycles. The van der Waals surface area contributed by atoms with E-state index in [1.807, 2.05) is 6.07 Å². The molecule has 5 heteroatoms. The molecule has 106 valence electrons. The lowest BCUT2D eigenvalue weighted by Gasteiger charge is -2.07. The SMILES string of the molecule is N#Cc1ccc(C(=O)OCCOc2ccc(F)cc2)cc1. The van der Waals surface area contributed by atoms with Gasteiger partial charge < -0.3 is 9.47 Å². The first-order valence-electron chi connectivity index (χ1n) is 6.25. The third-order valence-corrected chi connectivity index (χ3v) is 2.65. The maximum Gasteiger partial charge on any atom is 0.338 e. The van der Waals surface area contributed by atoms with Gasteiger partial charge in [0.05, 0.1) is 17.2 Å². The van der Waals surface area contributed by atoms with Crippen LogP contribution in [0.5, 0.6) is 5.75 Å². The highest BCUT2D eigenvalue weighted by Gasteiger charge is 2.06. The van der Waals surface area contributed by atoms with Crippen molar-refractivity contribution in [1.29, 1.82) is 5.26 Å². The Morgan fingerprint density at radius 2 is 1.71 bits per heavy atom. The third kappa shape index (κ3) is 4.32. The van der Waals surface area contributed by atoms with E-state index < -0.39 is 5.97 Å². The zero-order chi connectivity index (χ0) is 15.1. The van der Waals surface area contributed by atoms with Gasteiger partial charge in [0.1, 0.15) is 24.8 Å². The highest BCUT2D eigenvalue weighted by Crippen LogP contribution is 2.11. The Morgan fingerprint density at radius 3 is 2.33 bits per heavy atom. The van der Waals surface area contributed by atoms with Crippen molar-refractivity contribution < 1.29 is 18.7 Å². The number of nitriles is 1. The van der Waals surface area contributed by atoms with Gasteiger partial charge in [-0.1, -0.05) is 0 Å². The van der Waals surface area contributed by atoms with Crippen LogP contribution in [0.15, 0.2) is 48.5 Å². The molecule has 0 fully saturated rings. The average molecular weight is 285 g/mol. The van der Waals surface area contributed by atoms with Crippen LogP contribution in [0.4, 0.5) is 4.39 Å². The number of esters is 1. The predicted molar refractivity (Wildman–Crippen MR) is 73.3 cm³/mol. The summed E-state index contributed by atoms with van der Waals surface area (Å²) in [5, 5.41) is 8.66. The molecule has 21 heavy (non-hydrogen) atoms. The summed E-state index contributed by atoms with van der Waals surface area (Å²) < 4.78 is 23.0. The van der Waals surface area contributed by atoms with Crippen LogP contribution in [0.25, 0.3) is 0 Å². The van der Waals surface area contributed by atoms with E-state index in [1.54, 1.807) is 12.1 Å². The molecule has 0 atom stereocenters. The van der Waals surface area contributed by atoms with Crippen LogP contribution in [0.1, 0.15) is 15.9 Å². The van der Waals surface area contributed by atoms with E-state index >= 15 is 0 Å². The predicted octanol–water partition coefficient (Wildman–Crippen LogP) is 2.93. The molecule has 0 radical (unpaired) electrons. The van der Waals surface area contributed by atoms with E-state index in [4.69, 9.17) is 14.7 Å². The van der Waals surface area contributed by atoms with Crippen LogP contribution in [0, 0.1) is 17.1 Å². The number of carbonyl (C=O) groups excluding carboxylic acids is 1. The van der Waals surface area contributed by atoms with Gasteiger partial charge in [0.25, 0.3) is 0 Å². The lowest BCUT2D eigenvalue weighted by atomic mass is 10.1. The standard InChI is InChI=1S/C16H12FNO3/c17-14-5-7-15(8-6-14)20-9-10-21-16(19)13-3-1-12(11-18)2-4-13/h1-8H,9-10H2. The highest BCUT2D eigenvalue weighted by atomic mass is 19.1. The normalized spacial score (nSPS) is 9.71. The van der Waals surface area contributed by atoms with Crippen LogP contribution in [-0.4, -0.2) is 19.2 Å². The molecular weight excluding hydrogens is 273 g/mol. The smallest absolute Gasteiger partial charge is 0.338 e. The molecule has 0 aliphatic carbocycles. The number of hydrogen-bond donors (Lipinski definition) is 0. The van der Waals surface area contributed by atoms with Gasteiger partial charge in [-0.25, -0.2) is 9.18 Å². The third-order valence-electron chi connectivity index (χ3n) is 2.65. The van der Waals surface area contributed by atoms with Crippen molar-refractivity contribution in [2.75, 3.05) is 13.2 Å². The molecule has 0 aliphatic rings. The number of halogens is 1. The molecule has 0 N–H and O–H groups in total. The van der Waals surface area contributed by atoms with Crippen LogP contribution in [0.3, 0.4) is 0 Å². The first kappa shape index (κ1) is 14.5. The Kier molecular flexibility index (Phi) is 4.89. The lowest BCUT2D eigenvalue weighted by molar-refractivity contribution is 0.0450. The van der Waals surface area contributed by atoms with E-state index in [2.05, 4.69) is 0 Å². The second-order valence-corrected chi connectivity index (χ2v) is 4.13. The monoisotopic (exact) mass is 285 g/mol. The minimum atomic E-state index is -0.484. The van der Waals surface area contributed by atoms with Gasteiger partial charge in [-0.2, -0.15) is 5.26 Å². The Balaban J connectivity index is 1.76. The van der Waals surface area contributed by atoms with Gasteiger partial charge in [0, 0.05) is 0 Å². The minimum Gasteiger partial charge on any atom is -0.490 e. The van der Waals surface area contributed by atoms with E-state index in [9.17, 15) is 9.18 Å². The molecule has 4 nitrogen and oxygen atoms in total. The summed E-state index contributed by atoms with van der Waals surface area (Å²) in [6, 6.07) is 13.7. The first-order chi connectivity index (χ1) is 10.2. The summed E-state index contributed by atoms with van der Waals surface area (Å²) in [5.74, 6) is -0.317. The summed E-state index contributed by atoms with van der Waals surface area (Å²) in [5.41, 5.74) is 0.849. The molecule has 0 unspecified atom stereocenters. The van der Waals surface area contributed by atoms with Crippen LogP contribution < -0.4 is 4.74 Å². The van der Waals surface area contributed by atoms with Gasteiger partial charge in [0.15, 0.2) is 0 Å². The van der Waals surface area contributed by atoms with Gasteiger partial charge in [-0.3, -0.25) is 0 Å². The van der Waals surface area contributed by atoms with E-state index in [0.29, 0.717) is 16.9 Å². The van der Waals surface area contributed by atoms with Crippen LogP contribution in [-0.2, 0) is 4.74 Å². The first-order valence-corrected chi connectivity index (χ1v) is 6.25. The number of ether oxygens (including phenoxy) is 2. The van der Waals surface area contributed by atoms with Gasteiger partial charge in [-0.05, 0) is 48.5 Å². The van der Waals surface area contributed by atoms with Crippen molar-refractivity contribution in [1.82, 2.24) is 0 Å². The fraction of sp³-hybridized carbons (Fsp3) is 0.125. The fourth-order valence-electron chi connectivity index (χ4n) is 1.59. The number of nitrogens with zero attached hydrogens (tertiary/aromatic N) is 1. The van der Waals surface area contributed by atoms with Crippen molar-refractivity contribution in [2.45, 2.75) is 0 Å². The second kappa shape index (κ2) is 7.06. The zero-order valence-corrected chi connectivity index (χ0v) is 11.1. The van der Waals surface area contributed by atoms with Gasteiger partial charge >= 0.3 is 5.97 Å². The topological polar surface area (TPSA) is 59.3 Å². The second-order valence-electron chi connectivity index (χ2n) is 4.13. The molecule has 0 saturated carbocycles. The van der Waals surface area contributed by atoms with Crippen molar-refractivity contribution in [2.24, 2.45) is 0 Å². The van der Waals surface area contributed by atoms with Crippen LogP contribution >= 0.6 is 0 Å². The number of carbonyl (C=O) groups is 1. The van der Waals surface area contributed by atoms with Crippen molar-refractivity contribution in [3.8, 4) is 11.8 Å². The molecule has 2 aromatic carbocycles. The van der Waals surface area contributed by atoms with Gasteiger partial charge in [0.2, 0.25) is 0 Å². The molecular formula is C16H12FNO3. The molecule has 0 bridgehead atoms. The molecule has 0 aromatic heterocycles. The summed E-state index contributed by atoms with van der Waals surface area (Å²) in [7, 11) is 0. The largest absolute Gasteiger partial charge is 0.490 e. The lowest BCUT2D eigenvalue weighted by Crippen LogP contribution is -2.12. The van der Waals surface area contributed by atoms with Crippen molar-refractivity contribution in [3.63, 3.8) is 0 Å². The summed E-state index contributed by atoms with van der Waals surface area (Å²) in [4.78, 5) is 11.7. The molecule has 2 rings (SSSR count).